The van der Waals surface area contributed by atoms with Crippen LogP contribution in [-0.2, 0) is 9.53 Å². The predicted octanol–water partition coefficient (Wildman–Crippen LogP) is 3.09. The van der Waals surface area contributed by atoms with Crippen LogP contribution in [-0.4, -0.2) is 24.1 Å². The maximum Gasteiger partial charge on any atom is 0.230 e. The molecular weight excluding hydrogens is 272 g/mol. The summed E-state index contributed by atoms with van der Waals surface area (Å²) < 4.78 is 5.25. The number of amides is 1. The highest BCUT2D eigenvalue weighted by Gasteiger charge is 2.24. The smallest absolute Gasteiger partial charge is 0.230 e. The Balaban J connectivity index is 1.77. The largest absolute Gasteiger partial charge is 0.381 e. The molecule has 1 aliphatic heterocycles. The van der Waals surface area contributed by atoms with Gasteiger partial charge in [0, 0.05) is 12.2 Å². The van der Waals surface area contributed by atoms with E-state index >= 15 is 0 Å². The maximum absolute atomic E-state index is 12.1. The molecule has 1 fully saturated rings. The molecule has 0 spiro atoms. The van der Waals surface area contributed by atoms with Crippen LogP contribution in [0.4, 0.5) is 5.00 Å². The number of hydrogen-bond donors (Lipinski definition) is 1. The number of carbonyl (C=O) groups is 1. The number of aryl methyl sites for hydroxylation is 1. The summed E-state index contributed by atoms with van der Waals surface area (Å²) in [6, 6.07) is 10.00. The molecule has 1 amide bonds. The van der Waals surface area contributed by atoms with Crippen molar-refractivity contribution in [2.24, 2.45) is 5.92 Å². The van der Waals surface area contributed by atoms with Crippen LogP contribution >= 0.6 is 11.3 Å². The highest BCUT2D eigenvalue weighted by atomic mass is 32.1. The zero-order valence-corrected chi connectivity index (χ0v) is 12.1. The van der Waals surface area contributed by atoms with Gasteiger partial charge in [0.25, 0.3) is 0 Å². The number of benzene rings is 1. The van der Waals surface area contributed by atoms with E-state index in [4.69, 9.17) is 4.74 Å². The van der Waals surface area contributed by atoms with Crippen molar-refractivity contribution in [3.05, 3.63) is 36.0 Å². The van der Waals surface area contributed by atoms with Gasteiger partial charge in [-0.2, -0.15) is 0 Å². The Bertz CT molecular complexity index is 604. The zero-order valence-electron chi connectivity index (χ0n) is 11.3. The summed E-state index contributed by atoms with van der Waals surface area (Å²) in [5.41, 5.74) is 1.94. The van der Waals surface area contributed by atoms with Crippen LogP contribution in [0.25, 0.3) is 10.6 Å². The lowest BCUT2D eigenvalue weighted by Gasteiger charge is -2.07. The van der Waals surface area contributed by atoms with Crippen LogP contribution in [0.1, 0.15) is 12.1 Å². The number of aromatic nitrogens is 1. The van der Waals surface area contributed by atoms with Gasteiger partial charge in [-0.15, -0.1) is 0 Å². The molecule has 0 bridgehead atoms. The van der Waals surface area contributed by atoms with Crippen molar-refractivity contribution in [2.75, 3.05) is 18.5 Å². The van der Waals surface area contributed by atoms with Gasteiger partial charge >= 0.3 is 0 Å². The lowest BCUT2D eigenvalue weighted by molar-refractivity contribution is -0.119. The Kier molecular flexibility index (Phi) is 3.80. The summed E-state index contributed by atoms with van der Waals surface area (Å²) in [5, 5.41) is 4.74. The molecule has 2 heterocycles. The van der Waals surface area contributed by atoms with Gasteiger partial charge in [0.15, 0.2) is 0 Å². The first-order chi connectivity index (χ1) is 9.74. The first-order valence-electron chi connectivity index (χ1n) is 6.65. The number of nitrogens with zero attached hydrogens (tertiary/aromatic N) is 1. The molecule has 1 aromatic heterocycles. The first kappa shape index (κ1) is 13.3. The fraction of sp³-hybridized carbons (Fsp3) is 0.333. The number of thiazole rings is 1. The minimum atomic E-state index is -0.0309. The van der Waals surface area contributed by atoms with Gasteiger partial charge in [0.05, 0.1) is 18.2 Å². The molecule has 2 aromatic rings. The van der Waals surface area contributed by atoms with Crippen molar-refractivity contribution < 1.29 is 9.53 Å². The average molecular weight is 288 g/mol. The van der Waals surface area contributed by atoms with E-state index in [0.29, 0.717) is 13.2 Å². The summed E-state index contributed by atoms with van der Waals surface area (Å²) in [5.74, 6) is 0.00513. The number of nitrogens with one attached hydrogen (secondary N) is 1. The van der Waals surface area contributed by atoms with Crippen LogP contribution < -0.4 is 5.32 Å². The fourth-order valence-electron chi connectivity index (χ4n) is 2.17. The normalized spacial score (nSPS) is 18.1. The molecule has 1 aromatic carbocycles. The molecule has 1 aliphatic rings. The number of ether oxygens (including phenoxy) is 1. The molecule has 20 heavy (non-hydrogen) atoms. The van der Waals surface area contributed by atoms with Crippen LogP contribution in [0, 0.1) is 12.8 Å². The third kappa shape index (κ3) is 2.73. The molecule has 0 aliphatic carbocycles. The molecule has 104 valence electrons. The quantitative estimate of drug-likeness (QED) is 0.944. The number of rotatable bonds is 3. The van der Waals surface area contributed by atoms with E-state index in [1.807, 2.05) is 37.3 Å². The summed E-state index contributed by atoms with van der Waals surface area (Å²) in [6.07, 6.45) is 0.801. The maximum atomic E-state index is 12.1. The van der Waals surface area contributed by atoms with Gasteiger partial charge in [-0.3, -0.25) is 4.79 Å². The predicted molar refractivity (Wildman–Crippen MR) is 79.8 cm³/mol. The second-order valence-corrected chi connectivity index (χ2v) is 5.85. The molecule has 4 nitrogen and oxygen atoms in total. The van der Waals surface area contributed by atoms with Gasteiger partial charge in [-0.05, 0) is 13.3 Å². The van der Waals surface area contributed by atoms with Crippen molar-refractivity contribution >= 4 is 22.2 Å². The average Bonchev–Trinajstić information content (AvgIpc) is 3.10. The van der Waals surface area contributed by atoms with Crippen molar-refractivity contribution in [3.8, 4) is 10.6 Å². The summed E-state index contributed by atoms with van der Waals surface area (Å²) in [7, 11) is 0. The SMILES string of the molecule is Cc1nc(-c2ccccc2)sc1NC(=O)[C@@H]1CCOC1. The van der Waals surface area contributed by atoms with Crippen LogP contribution in [0.3, 0.4) is 0 Å². The number of anilines is 1. The Morgan fingerprint density at radius 2 is 2.20 bits per heavy atom. The van der Waals surface area contributed by atoms with Crippen molar-refractivity contribution in [3.63, 3.8) is 0 Å². The van der Waals surface area contributed by atoms with E-state index in [9.17, 15) is 4.79 Å². The van der Waals surface area contributed by atoms with E-state index in [-0.39, 0.29) is 11.8 Å². The summed E-state index contributed by atoms with van der Waals surface area (Å²) in [6.45, 7) is 3.12. The zero-order chi connectivity index (χ0) is 13.9. The molecule has 0 saturated carbocycles. The molecule has 1 saturated heterocycles. The van der Waals surface area contributed by atoms with Gasteiger partial charge in [0.2, 0.25) is 5.91 Å². The van der Waals surface area contributed by atoms with Crippen LogP contribution in [0.5, 0.6) is 0 Å². The standard InChI is InChI=1S/C15H16N2O2S/c1-10-14(17-13(18)12-7-8-19-9-12)20-15(16-10)11-5-3-2-4-6-11/h2-6,12H,7-9H2,1H3,(H,17,18)/t12-/m1/s1. The minimum absolute atomic E-state index is 0.0309. The first-order valence-corrected chi connectivity index (χ1v) is 7.47. The molecule has 1 atom stereocenters. The Labute approximate surface area is 121 Å². The fourth-order valence-corrected chi connectivity index (χ4v) is 3.15. The minimum Gasteiger partial charge on any atom is -0.381 e. The highest BCUT2D eigenvalue weighted by molar-refractivity contribution is 7.19. The van der Waals surface area contributed by atoms with Gasteiger partial charge in [-0.25, -0.2) is 4.98 Å². The van der Waals surface area contributed by atoms with Gasteiger partial charge in [-0.1, -0.05) is 41.7 Å². The van der Waals surface area contributed by atoms with E-state index in [0.717, 1.165) is 27.7 Å². The Morgan fingerprint density at radius 1 is 1.40 bits per heavy atom. The third-order valence-corrected chi connectivity index (χ3v) is 4.48. The van der Waals surface area contributed by atoms with Crippen LogP contribution in [0.15, 0.2) is 30.3 Å². The number of carbonyl (C=O) groups excluding carboxylic acids is 1. The molecule has 0 unspecified atom stereocenters. The van der Waals surface area contributed by atoms with E-state index < -0.39 is 0 Å². The van der Waals surface area contributed by atoms with Gasteiger partial charge < -0.3 is 10.1 Å². The summed E-state index contributed by atoms with van der Waals surface area (Å²) in [4.78, 5) is 16.6. The molecule has 5 heteroatoms. The summed E-state index contributed by atoms with van der Waals surface area (Å²) >= 11 is 1.52. The Hall–Kier alpha value is -1.72. The molecule has 0 radical (unpaired) electrons. The highest BCUT2D eigenvalue weighted by Crippen LogP contribution is 2.32. The lowest BCUT2D eigenvalue weighted by Crippen LogP contribution is -2.22. The topological polar surface area (TPSA) is 51.2 Å². The second kappa shape index (κ2) is 5.73. The van der Waals surface area contributed by atoms with E-state index in [2.05, 4.69) is 10.3 Å². The third-order valence-electron chi connectivity index (χ3n) is 3.35. The monoisotopic (exact) mass is 288 g/mol. The molecular formula is C15H16N2O2S. The van der Waals surface area contributed by atoms with Crippen molar-refractivity contribution in [2.45, 2.75) is 13.3 Å². The van der Waals surface area contributed by atoms with E-state index in [1.165, 1.54) is 11.3 Å². The second-order valence-electron chi connectivity index (χ2n) is 4.85. The van der Waals surface area contributed by atoms with Crippen molar-refractivity contribution in [1.82, 2.24) is 4.98 Å². The van der Waals surface area contributed by atoms with Gasteiger partial charge in [0.1, 0.15) is 10.0 Å². The molecule has 3 rings (SSSR count). The van der Waals surface area contributed by atoms with Crippen LogP contribution in [0.2, 0.25) is 0 Å². The van der Waals surface area contributed by atoms with Crippen molar-refractivity contribution in [1.29, 1.82) is 0 Å². The lowest BCUT2D eigenvalue weighted by atomic mass is 10.1. The van der Waals surface area contributed by atoms with E-state index in [1.54, 1.807) is 0 Å². The molecule has 1 N–H and O–H groups in total. The number of hydrogen-bond acceptors (Lipinski definition) is 4. The Morgan fingerprint density at radius 3 is 2.90 bits per heavy atom.